The molecule has 0 aliphatic carbocycles. The number of para-hydroxylation sites is 1. The SMILES string of the molecule is COc1ccccc1CNC(=O)c1oc2ccc3c(c2c1C)C(=O)C[C@@](C)(c1ccc(Cl)cc1)O3. The molecule has 35 heavy (non-hydrogen) atoms. The molecule has 3 aromatic carbocycles. The summed E-state index contributed by atoms with van der Waals surface area (Å²) in [6, 6.07) is 18.2. The third kappa shape index (κ3) is 4.04. The van der Waals surface area contributed by atoms with Crippen LogP contribution in [0.25, 0.3) is 11.0 Å². The molecule has 0 spiro atoms. The number of benzene rings is 3. The molecule has 1 aromatic heterocycles. The van der Waals surface area contributed by atoms with Gasteiger partial charge in [0.25, 0.3) is 5.91 Å². The van der Waals surface area contributed by atoms with Gasteiger partial charge in [-0.3, -0.25) is 9.59 Å². The van der Waals surface area contributed by atoms with E-state index in [1.165, 1.54) is 0 Å². The Bertz CT molecular complexity index is 1460. The van der Waals surface area contributed by atoms with Gasteiger partial charge in [-0.15, -0.1) is 0 Å². The molecule has 1 atom stereocenters. The van der Waals surface area contributed by atoms with Gasteiger partial charge in [0.05, 0.1) is 19.1 Å². The van der Waals surface area contributed by atoms with Crippen LogP contribution in [0.2, 0.25) is 5.02 Å². The topological polar surface area (TPSA) is 77.8 Å². The zero-order valence-corrected chi connectivity index (χ0v) is 20.4. The van der Waals surface area contributed by atoms with E-state index in [2.05, 4.69) is 5.32 Å². The summed E-state index contributed by atoms with van der Waals surface area (Å²) in [5.41, 5.74) is 2.39. The Hall–Kier alpha value is -3.77. The van der Waals surface area contributed by atoms with Gasteiger partial charge < -0.3 is 19.2 Å². The molecule has 1 aliphatic heterocycles. The molecule has 5 rings (SSSR count). The van der Waals surface area contributed by atoms with Crippen molar-refractivity contribution in [2.24, 2.45) is 0 Å². The highest BCUT2D eigenvalue weighted by atomic mass is 35.5. The quantitative estimate of drug-likeness (QED) is 0.360. The van der Waals surface area contributed by atoms with Crippen LogP contribution < -0.4 is 14.8 Å². The zero-order valence-electron chi connectivity index (χ0n) is 19.6. The van der Waals surface area contributed by atoms with Gasteiger partial charge in [-0.05, 0) is 49.7 Å². The van der Waals surface area contributed by atoms with E-state index in [4.69, 9.17) is 25.5 Å². The average molecular weight is 490 g/mol. The van der Waals surface area contributed by atoms with Crippen molar-refractivity contribution in [3.05, 3.63) is 93.7 Å². The number of Topliss-reactive ketones (excluding diaryl/α,β-unsaturated/α-hetero) is 1. The van der Waals surface area contributed by atoms with Crippen LogP contribution in [0.15, 0.2) is 65.1 Å². The first-order chi connectivity index (χ1) is 16.8. The molecule has 0 unspecified atom stereocenters. The minimum Gasteiger partial charge on any atom is -0.496 e. The number of ketones is 1. The lowest BCUT2D eigenvalue weighted by atomic mass is 9.84. The molecule has 1 aliphatic rings. The largest absolute Gasteiger partial charge is 0.496 e. The Balaban J connectivity index is 1.47. The fourth-order valence-electron chi connectivity index (χ4n) is 4.64. The summed E-state index contributed by atoms with van der Waals surface area (Å²) in [7, 11) is 1.59. The van der Waals surface area contributed by atoms with Gasteiger partial charge >= 0.3 is 0 Å². The molecule has 0 fully saturated rings. The Morgan fingerprint density at radius 3 is 2.60 bits per heavy atom. The molecule has 6 nitrogen and oxygen atoms in total. The molecule has 4 aromatic rings. The van der Waals surface area contributed by atoms with Crippen LogP contribution in [0, 0.1) is 6.92 Å². The number of rotatable bonds is 5. The van der Waals surface area contributed by atoms with Crippen LogP contribution in [-0.2, 0) is 12.1 Å². The van der Waals surface area contributed by atoms with Crippen LogP contribution in [-0.4, -0.2) is 18.8 Å². The number of amides is 1. The maximum atomic E-state index is 13.4. The number of hydrogen-bond donors (Lipinski definition) is 1. The second kappa shape index (κ2) is 8.78. The Kier molecular flexibility index (Phi) is 5.77. The molecule has 2 heterocycles. The average Bonchev–Trinajstić information content (AvgIpc) is 3.19. The van der Waals surface area contributed by atoms with Crippen molar-refractivity contribution in [2.45, 2.75) is 32.4 Å². The van der Waals surface area contributed by atoms with Gasteiger partial charge in [-0.1, -0.05) is 41.9 Å². The summed E-state index contributed by atoms with van der Waals surface area (Å²) in [5.74, 6) is 0.889. The van der Waals surface area contributed by atoms with E-state index in [1.54, 1.807) is 38.3 Å². The number of nitrogens with one attached hydrogen (secondary N) is 1. The van der Waals surface area contributed by atoms with E-state index in [0.717, 1.165) is 11.1 Å². The molecule has 0 saturated carbocycles. The van der Waals surface area contributed by atoms with E-state index in [9.17, 15) is 9.59 Å². The van der Waals surface area contributed by atoms with Crippen molar-refractivity contribution >= 4 is 34.3 Å². The summed E-state index contributed by atoms with van der Waals surface area (Å²) >= 11 is 6.03. The number of fused-ring (bicyclic) bond motifs is 3. The van der Waals surface area contributed by atoms with E-state index >= 15 is 0 Å². The number of ether oxygens (including phenoxy) is 2. The Labute approximate surface area is 207 Å². The first-order valence-corrected chi connectivity index (χ1v) is 11.6. The van der Waals surface area contributed by atoms with Crippen molar-refractivity contribution < 1.29 is 23.5 Å². The third-order valence-electron chi connectivity index (χ3n) is 6.46. The molecule has 1 amide bonds. The van der Waals surface area contributed by atoms with Crippen molar-refractivity contribution in [1.82, 2.24) is 5.32 Å². The fourth-order valence-corrected chi connectivity index (χ4v) is 4.77. The maximum absolute atomic E-state index is 13.4. The molecule has 178 valence electrons. The van der Waals surface area contributed by atoms with Crippen LogP contribution in [0.1, 0.15) is 50.9 Å². The minimum absolute atomic E-state index is 0.0702. The summed E-state index contributed by atoms with van der Waals surface area (Å²) in [6.07, 6.45) is 0.153. The lowest BCUT2D eigenvalue weighted by Gasteiger charge is -2.35. The lowest BCUT2D eigenvalue weighted by Crippen LogP contribution is -2.36. The monoisotopic (exact) mass is 489 g/mol. The van der Waals surface area contributed by atoms with E-state index in [0.29, 0.717) is 38.6 Å². The smallest absolute Gasteiger partial charge is 0.287 e. The molecular formula is C28H24ClNO5. The van der Waals surface area contributed by atoms with E-state index < -0.39 is 5.60 Å². The second-order valence-corrected chi connectivity index (χ2v) is 9.24. The predicted molar refractivity (Wildman–Crippen MR) is 133 cm³/mol. The number of hydrogen-bond acceptors (Lipinski definition) is 5. The van der Waals surface area contributed by atoms with Crippen molar-refractivity contribution in [1.29, 1.82) is 0 Å². The van der Waals surface area contributed by atoms with Gasteiger partial charge in [0.15, 0.2) is 11.5 Å². The van der Waals surface area contributed by atoms with Gasteiger partial charge in [-0.25, -0.2) is 0 Å². The molecule has 0 radical (unpaired) electrons. The first-order valence-electron chi connectivity index (χ1n) is 11.2. The van der Waals surface area contributed by atoms with Crippen molar-refractivity contribution in [3.63, 3.8) is 0 Å². The Morgan fingerprint density at radius 2 is 1.86 bits per heavy atom. The number of halogens is 1. The molecular weight excluding hydrogens is 466 g/mol. The van der Waals surface area contributed by atoms with Gasteiger partial charge in [0.1, 0.15) is 22.7 Å². The first kappa shape index (κ1) is 23.0. The summed E-state index contributed by atoms with van der Waals surface area (Å²) in [5, 5.41) is 4.10. The number of methoxy groups -OCH3 is 1. The van der Waals surface area contributed by atoms with Crippen LogP contribution >= 0.6 is 11.6 Å². The minimum atomic E-state index is -0.824. The number of carbonyl (C=O) groups excluding carboxylic acids is 2. The zero-order chi connectivity index (χ0) is 24.7. The number of carbonyl (C=O) groups is 2. The molecule has 7 heteroatoms. The summed E-state index contributed by atoms with van der Waals surface area (Å²) < 4.78 is 17.6. The third-order valence-corrected chi connectivity index (χ3v) is 6.71. The van der Waals surface area contributed by atoms with Gasteiger partial charge in [0.2, 0.25) is 0 Å². The van der Waals surface area contributed by atoms with Gasteiger partial charge in [-0.2, -0.15) is 0 Å². The van der Waals surface area contributed by atoms with E-state index in [-0.39, 0.29) is 30.4 Å². The number of furan rings is 1. The molecule has 0 bridgehead atoms. The summed E-state index contributed by atoms with van der Waals surface area (Å²) in [6.45, 7) is 3.95. The van der Waals surface area contributed by atoms with Crippen LogP contribution in [0.5, 0.6) is 11.5 Å². The van der Waals surface area contributed by atoms with Crippen molar-refractivity contribution in [3.8, 4) is 11.5 Å². The number of aryl methyl sites for hydroxylation is 1. The second-order valence-electron chi connectivity index (χ2n) is 8.80. The predicted octanol–water partition coefficient (Wildman–Crippen LogP) is 6.21. The maximum Gasteiger partial charge on any atom is 0.287 e. The highest BCUT2D eigenvalue weighted by Crippen LogP contribution is 2.44. The van der Waals surface area contributed by atoms with Crippen LogP contribution in [0.3, 0.4) is 0 Å². The van der Waals surface area contributed by atoms with Crippen LogP contribution in [0.4, 0.5) is 0 Å². The summed E-state index contributed by atoms with van der Waals surface area (Å²) in [4.78, 5) is 26.4. The Morgan fingerprint density at radius 1 is 1.11 bits per heavy atom. The molecule has 1 N–H and O–H groups in total. The van der Waals surface area contributed by atoms with Gasteiger partial charge in [0, 0.05) is 28.1 Å². The fraction of sp³-hybridized carbons (Fsp3) is 0.214. The highest BCUT2D eigenvalue weighted by molar-refractivity contribution is 6.30. The standard InChI is InChI=1S/C28H24ClNO5/c1-16-24-22(34-26(16)27(32)30-15-17-6-4-5-7-21(17)33-3)12-13-23-25(24)20(31)14-28(2,35-23)18-8-10-19(29)11-9-18/h4-13H,14-15H2,1-3H3,(H,30,32)/t28-/m0/s1. The van der Waals surface area contributed by atoms with E-state index in [1.807, 2.05) is 43.3 Å². The highest BCUT2D eigenvalue weighted by Gasteiger charge is 2.40. The lowest BCUT2D eigenvalue weighted by molar-refractivity contribution is 0.0507. The normalized spacial score (nSPS) is 17.1. The van der Waals surface area contributed by atoms with Crippen molar-refractivity contribution in [2.75, 3.05) is 7.11 Å². The molecule has 0 saturated heterocycles.